The Morgan fingerprint density at radius 3 is 2.73 bits per heavy atom. The van der Waals surface area contributed by atoms with Crippen molar-refractivity contribution in [2.24, 2.45) is 4.99 Å². The van der Waals surface area contributed by atoms with E-state index in [1.807, 2.05) is 35.7 Å². The Balaban J connectivity index is 0.00000320. The molecule has 0 radical (unpaired) electrons. The van der Waals surface area contributed by atoms with Gasteiger partial charge in [0.2, 0.25) is 0 Å². The summed E-state index contributed by atoms with van der Waals surface area (Å²) in [5.74, 6) is 1.54. The van der Waals surface area contributed by atoms with Gasteiger partial charge in [-0.15, -0.1) is 34.2 Å². The lowest BCUT2D eigenvalue weighted by atomic mass is 10.2. The predicted octanol–water partition coefficient (Wildman–Crippen LogP) is 3.44. The average molecular weight is 526 g/mol. The molecule has 30 heavy (non-hydrogen) atoms. The number of pyridine rings is 1. The summed E-state index contributed by atoms with van der Waals surface area (Å²) in [5, 5.41) is 14.9. The summed E-state index contributed by atoms with van der Waals surface area (Å²) in [5.41, 5.74) is 0.855. The Kier molecular flexibility index (Phi) is 9.78. The summed E-state index contributed by atoms with van der Waals surface area (Å²) >= 11 is 0. The summed E-state index contributed by atoms with van der Waals surface area (Å²) in [6, 6.07) is 12.3. The van der Waals surface area contributed by atoms with Crippen molar-refractivity contribution in [1.82, 2.24) is 25.2 Å². The zero-order chi connectivity index (χ0) is 20.5. The van der Waals surface area contributed by atoms with E-state index in [-0.39, 0.29) is 41.6 Å². The fourth-order valence-corrected chi connectivity index (χ4v) is 2.94. The molecule has 2 heterocycles. The molecule has 2 N–H and O–H groups in total. The van der Waals surface area contributed by atoms with E-state index in [2.05, 4.69) is 25.8 Å². The molecule has 3 aromatic rings. The van der Waals surface area contributed by atoms with Crippen LogP contribution in [0.1, 0.15) is 25.6 Å². The van der Waals surface area contributed by atoms with E-state index in [1.165, 1.54) is 6.07 Å². The van der Waals surface area contributed by atoms with Gasteiger partial charge in [0.25, 0.3) is 0 Å². The Hall–Kier alpha value is -2.43. The molecule has 0 aliphatic rings. The number of hydrogen-bond acceptors (Lipinski definition) is 4. The number of guanidine groups is 1. The molecule has 2 aromatic heterocycles. The van der Waals surface area contributed by atoms with Crippen LogP contribution in [0.3, 0.4) is 0 Å². The number of aryl methyl sites for hydroxylation is 1. The highest BCUT2D eigenvalue weighted by Crippen LogP contribution is 2.17. The molecule has 0 aliphatic carbocycles. The molecule has 1 aromatic carbocycles. The van der Waals surface area contributed by atoms with Crippen LogP contribution < -0.4 is 15.4 Å². The van der Waals surface area contributed by atoms with Gasteiger partial charge in [-0.25, -0.2) is 4.39 Å². The Labute approximate surface area is 193 Å². The molecule has 0 amide bonds. The van der Waals surface area contributed by atoms with Crippen LogP contribution in [0.5, 0.6) is 5.75 Å². The van der Waals surface area contributed by atoms with Crippen molar-refractivity contribution >= 4 is 35.6 Å². The van der Waals surface area contributed by atoms with Gasteiger partial charge < -0.3 is 15.4 Å². The lowest BCUT2D eigenvalue weighted by Crippen LogP contribution is -2.42. The Morgan fingerprint density at radius 2 is 1.97 bits per heavy atom. The number of nitrogens with zero attached hydrogens (tertiary/aromatic N) is 4. The number of nitrogens with one attached hydrogen (secondary N) is 2. The standard InChI is InChI=1S/C21H27FN6O.HI/c1-3-16(29-18-10-5-4-9-17(18)22)15-25-21(23-2)24-13-8-12-20-27-26-19-11-6-7-14-28(19)20;/h4-7,9-11,14,16H,3,8,12-13,15H2,1-2H3,(H2,23,24,25);1H. The second kappa shape index (κ2) is 12.3. The fraction of sp³-hybridized carbons (Fsp3) is 0.381. The number of halogens is 2. The molecule has 0 saturated carbocycles. The van der Waals surface area contributed by atoms with Crippen LogP contribution in [0.25, 0.3) is 5.65 Å². The number of aliphatic imine (C=N–C) groups is 1. The molecule has 3 rings (SSSR count). The Bertz CT molecular complexity index is 948. The third-order valence-electron chi connectivity index (χ3n) is 4.56. The van der Waals surface area contributed by atoms with E-state index in [9.17, 15) is 4.39 Å². The van der Waals surface area contributed by atoms with Gasteiger partial charge >= 0.3 is 0 Å². The quantitative estimate of drug-likeness (QED) is 0.194. The van der Waals surface area contributed by atoms with Gasteiger partial charge in [-0.05, 0) is 37.1 Å². The van der Waals surface area contributed by atoms with E-state index >= 15 is 0 Å². The summed E-state index contributed by atoms with van der Waals surface area (Å²) in [6.45, 7) is 3.28. The zero-order valence-corrected chi connectivity index (χ0v) is 19.5. The molecule has 162 valence electrons. The first-order chi connectivity index (χ1) is 14.2. The van der Waals surface area contributed by atoms with Crippen molar-refractivity contribution in [3.05, 3.63) is 60.3 Å². The minimum Gasteiger partial charge on any atom is -0.486 e. The van der Waals surface area contributed by atoms with Gasteiger partial charge in [0.1, 0.15) is 11.9 Å². The van der Waals surface area contributed by atoms with Crippen LogP contribution >= 0.6 is 24.0 Å². The summed E-state index contributed by atoms with van der Waals surface area (Å²) in [4.78, 5) is 4.24. The monoisotopic (exact) mass is 526 g/mol. The van der Waals surface area contributed by atoms with Crippen LogP contribution in [-0.2, 0) is 6.42 Å². The first-order valence-corrected chi connectivity index (χ1v) is 9.85. The second-order valence-corrected chi connectivity index (χ2v) is 6.61. The third-order valence-corrected chi connectivity index (χ3v) is 4.56. The number of aromatic nitrogens is 3. The third kappa shape index (κ3) is 6.54. The van der Waals surface area contributed by atoms with Crippen LogP contribution in [0.2, 0.25) is 0 Å². The summed E-state index contributed by atoms with van der Waals surface area (Å²) in [6.07, 6.45) is 4.26. The highest BCUT2D eigenvalue weighted by atomic mass is 127. The molecule has 1 atom stereocenters. The highest BCUT2D eigenvalue weighted by molar-refractivity contribution is 14.0. The molecular weight excluding hydrogens is 498 g/mol. The molecule has 1 unspecified atom stereocenters. The van der Waals surface area contributed by atoms with Crippen LogP contribution in [-0.4, -0.2) is 46.8 Å². The minimum absolute atomic E-state index is 0. The fourth-order valence-electron chi connectivity index (χ4n) is 2.94. The van der Waals surface area contributed by atoms with Gasteiger partial charge in [0.05, 0.1) is 6.54 Å². The maximum Gasteiger partial charge on any atom is 0.191 e. The van der Waals surface area contributed by atoms with Crippen molar-refractivity contribution < 1.29 is 9.13 Å². The SMILES string of the molecule is CCC(CNC(=NC)NCCCc1nnc2ccccn12)Oc1ccccc1F.I. The Morgan fingerprint density at radius 1 is 1.17 bits per heavy atom. The maximum absolute atomic E-state index is 13.8. The van der Waals surface area contributed by atoms with Crippen molar-refractivity contribution in [1.29, 1.82) is 0 Å². The first-order valence-electron chi connectivity index (χ1n) is 9.85. The topological polar surface area (TPSA) is 75.8 Å². The first kappa shape index (κ1) is 23.8. The molecule has 0 bridgehead atoms. The molecule has 0 saturated heterocycles. The molecule has 9 heteroatoms. The number of fused-ring (bicyclic) bond motifs is 1. The van der Waals surface area contributed by atoms with Gasteiger partial charge in [0, 0.05) is 26.2 Å². The molecule has 7 nitrogen and oxygen atoms in total. The van der Waals surface area contributed by atoms with E-state index in [0.717, 1.165) is 37.3 Å². The minimum atomic E-state index is -0.352. The number of ether oxygens (including phenoxy) is 1. The summed E-state index contributed by atoms with van der Waals surface area (Å²) < 4.78 is 21.5. The smallest absolute Gasteiger partial charge is 0.191 e. The second-order valence-electron chi connectivity index (χ2n) is 6.61. The number of benzene rings is 1. The number of para-hydroxylation sites is 1. The number of hydrogen-bond donors (Lipinski definition) is 2. The van der Waals surface area contributed by atoms with Crippen molar-refractivity contribution in [2.75, 3.05) is 20.1 Å². The van der Waals surface area contributed by atoms with Gasteiger partial charge in [-0.2, -0.15) is 0 Å². The van der Waals surface area contributed by atoms with Gasteiger partial charge in [-0.1, -0.05) is 25.1 Å². The zero-order valence-electron chi connectivity index (χ0n) is 17.2. The molecule has 0 fully saturated rings. The van der Waals surface area contributed by atoms with Crippen molar-refractivity contribution in [3.8, 4) is 5.75 Å². The predicted molar refractivity (Wildman–Crippen MR) is 127 cm³/mol. The molecule has 0 aliphatic heterocycles. The summed E-state index contributed by atoms with van der Waals surface area (Å²) in [7, 11) is 1.72. The highest BCUT2D eigenvalue weighted by Gasteiger charge is 2.12. The van der Waals surface area contributed by atoms with E-state index in [4.69, 9.17) is 4.74 Å². The van der Waals surface area contributed by atoms with E-state index in [1.54, 1.807) is 25.2 Å². The van der Waals surface area contributed by atoms with Crippen LogP contribution in [0.4, 0.5) is 4.39 Å². The van der Waals surface area contributed by atoms with Gasteiger partial charge in [0.15, 0.2) is 23.2 Å². The maximum atomic E-state index is 13.8. The van der Waals surface area contributed by atoms with Crippen LogP contribution in [0.15, 0.2) is 53.7 Å². The lowest BCUT2D eigenvalue weighted by Gasteiger charge is -2.20. The van der Waals surface area contributed by atoms with E-state index in [0.29, 0.717) is 12.5 Å². The number of rotatable bonds is 9. The van der Waals surface area contributed by atoms with Gasteiger partial charge in [-0.3, -0.25) is 9.39 Å². The molecule has 0 spiro atoms. The normalized spacial score (nSPS) is 12.3. The van der Waals surface area contributed by atoms with E-state index < -0.39 is 0 Å². The van der Waals surface area contributed by atoms with Crippen LogP contribution in [0, 0.1) is 5.82 Å². The van der Waals surface area contributed by atoms with Crippen molar-refractivity contribution in [2.45, 2.75) is 32.3 Å². The average Bonchev–Trinajstić information content (AvgIpc) is 3.16. The largest absolute Gasteiger partial charge is 0.486 e. The van der Waals surface area contributed by atoms with Crippen molar-refractivity contribution in [3.63, 3.8) is 0 Å². The molecular formula is C21H28FIN6O. The lowest BCUT2D eigenvalue weighted by molar-refractivity contribution is 0.191.